The molecule has 1 aromatic heterocycles. The Hall–Kier alpha value is -1.65. The quantitative estimate of drug-likeness (QED) is 0.665. The fourth-order valence-corrected chi connectivity index (χ4v) is 2.99. The van der Waals surface area contributed by atoms with Crippen molar-refractivity contribution in [3.63, 3.8) is 0 Å². The summed E-state index contributed by atoms with van der Waals surface area (Å²) >= 11 is 9.65. The molecular formula is C16H13BrClNO2. The third-order valence-electron chi connectivity index (χ3n) is 3.27. The maximum atomic E-state index is 6.18. The zero-order valence-corrected chi connectivity index (χ0v) is 13.7. The monoisotopic (exact) mass is 365 g/mol. The zero-order chi connectivity index (χ0) is 14.8. The molecular weight excluding hydrogens is 354 g/mol. The van der Waals surface area contributed by atoms with Gasteiger partial charge in [0.15, 0.2) is 5.22 Å². The lowest BCUT2D eigenvalue weighted by atomic mass is 10.2. The average Bonchev–Trinajstić information content (AvgIpc) is 2.81. The summed E-state index contributed by atoms with van der Waals surface area (Å²) in [7, 11) is 1.64. The predicted octanol–water partition coefficient (Wildman–Crippen LogP) is 5.47. The minimum Gasteiger partial charge on any atom is -0.496 e. The minimum atomic E-state index is 0.427. The van der Waals surface area contributed by atoms with Crippen LogP contribution in [0.2, 0.25) is 5.22 Å². The lowest BCUT2D eigenvalue weighted by Gasteiger charge is -2.08. The first-order valence-electron chi connectivity index (χ1n) is 6.42. The average molecular weight is 367 g/mol. The zero-order valence-electron chi connectivity index (χ0n) is 11.3. The fraction of sp³-hybridized carbons (Fsp3) is 0.125. The van der Waals surface area contributed by atoms with Gasteiger partial charge in [-0.25, -0.2) is 0 Å². The lowest BCUT2D eigenvalue weighted by Crippen LogP contribution is -1.99. The molecule has 0 aliphatic rings. The van der Waals surface area contributed by atoms with Gasteiger partial charge in [0, 0.05) is 23.2 Å². The van der Waals surface area contributed by atoms with E-state index in [1.54, 1.807) is 7.11 Å². The number of halogens is 2. The van der Waals surface area contributed by atoms with E-state index in [1.807, 2.05) is 42.5 Å². The van der Waals surface area contributed by atoms with Crippen LogP contribution in [0.1, 0.15) is 5.56 Å². The van der Waals surface area contributed by atoms with E-state index in [4.69, 9.17) is 20.8 Å². The van der Waals surface area contributed by atoms with Gasteiger partial charge in [-0.3, -0.25) is 0 Å². The highest BCUT2D eigenvalue weighted by Gasteiger charge is 2.11. The van der Waals surface area contributed by atoms with E-state index in [9.17, 15) is 0 Å². The predicted molar refractivity (Wildman–Crippen MR) is 89.2 cm³/mol. The highest BCUT2D eigenvalue weighted by Crippen LogP contribution is 2.31. The van der Waals surface area contributed by atoms with Crippen molar-refractivity contribution < 1.29 is 9.15 Å². The molecule has 3 nitrogen and oxygen atoms in total. The van der Waals surface area contributed by atoms with E-state index in [0.717, 1.165) is 32.4 Å². The van der Waals surface area contributed by atoms with Gasteiger partial charge in [0.25, 0.3) is 0 Å². The number of hydrogen-bond acceptors (Lipinski definition) is 3. The molecule has 0 amide bonds. The van der Waals surface area contributed by atoms with Gasteiger partial charge in [-0.1, -0.05) is 18.2 Å². The van der Waals surface area contributed by atoms with Gasteiger partial charge in [0.05, 0.1) is 11.6 Å². The van der Waals surface area contributed by atoms with Gasteiger partial charge in [-0.15, -0.1) is 0 Å². The molecule has 0 atom stereocenters. The SMILES string of the molecule is COc1ccc(NCc2c(Cl)oc3ccccc23)cc1Br. The van der Waals surface area contributed by atoms with Gasteiger partial charge in [0.2, 0.25) is 0 Å². The van der Waals surface area contributed by atoms with Gasteiger partial charge in [0.1, 0.15) is 11.3 Å². The molecule has 0 radical (unpaired) electrons. The molecule has 0 spiro atoms. The van der Waals surface area contributed by atoms with Crippen LogP contribution < -0.4 is 10.1 Å². The number of rotatable bonds is 4. The van der Waals surface area contributed by atoms with Crippen molar-refractivity contribution in [2.24, 2.45) is 0 Å². The summed E-state index contributed by atoms with van der Waals surface area (Å²) in [6.07, 6.45) is 0. The fourth-order valence-electron chi connectivity index (χ4n) is 2.20. The van der Waals surface area contributed by atoms with Crippen molar-refractivity contribution in [1.29, 1.82) is 0 Å². The standard InChI is InChI=1S/C16H13BrClNO2/c1-20-15-7-6-10(8-13(15)17)19-9-12-11-4-2-3-5-14(11)21-16(12)18/h2-8,19H,9H2,1H3. The van der Waals surface area contributed by atoms with Gasteiger partial charge in [-0.2, -0.15) is 0 Å². The van der Waals surface area contributed by atoms with E-state index in [-0.39, 0.29) is 0 Å². The number of methoxy groups -OCH3 is 1. The third kappa shape index (κ3) is 2.87. The smallest absolute Gasteiger partial charge is 0.199 e. The molecule has 0 aliphatic carbocycles. The molecule has 0 fully saturated rings. The van der Waals surface area contributed by atoms with Crippen LogP contribution in [0.5, 0.6) is 5.75 Å². The molecule has 3 rings (SSSR count). The topological polar surface area (TPSA) is 34.4 Å². The number of ether oxygens (including phenoxy) is 1. The first-order valence-corrected chi connectivity index (χ1v) is 7.59. The van der Waals surface area contributed by atoms with Crippen LogP contribution in [-0.4, -0.2) is 7.11 Å². The molecule has 0 saturated heterocycles. The Bertz CT molecular complexity index is 785. The summed E-state index contributed by atoms with van der Waals surface area (Å²) in [6.45, 7) is 0.592. The number of furan rings is 1. The summed E-state index contributed by atoms with van der Waals surface area (Å²) in [5.74, 6) is 0.798. The highest BCUT2D eigenvalue weighted by molar-refractivity contribution is 9.10. The number of nitrogens with one attached hydrogen (secondary N) is 1. The van der Waals surface area contributed by atoms with Crippen LogP contribution in [0.4, 0.5) is 5.69 Å². The second-order valence-electron chi connectivity index (χ2n) is 4.55. The maximum absolute atomic E-state index is 6.18. The molecule has 1 heterocycles. The molecule has 1 N–H and O–H groups in total. The van der Waals surface area contributed by atoms with Crippen LogP contribution in [-0.2, 0) is 6.54 Å². The van der Waals surface area contributed by atoms with E-state index in [1.165, 1.54) is 0 Å². The molecule has 2 aromatic carbocycles. The van der Waals surface area contributed by atoms with E-state index in [0.29, 0.717) is 11.8 Å². The van der Waals surface area contributed by atoms with Crippen LogP contribution in [0, 0.1) is 0 Å². The van der Waals surface area contributed by atoms with Crippen molar-refractivity contribution in [2.45, 2.75) is 6.54 Å². The van der Waals surface area contributed by atoms with Gasteiger partial charge < -0.3 is 14.5 Å². The normalized spacial score (nSPS) is 10.8. The van der Waals surface area contributed by atoms with Crippen LogP contribution in [0.25, 0.3) is 11.0 Å². The molecule has 0 unspecified atom stereocenters. The van der Waals surface area contributed by atoms with Crippen LogP contribution in [0.3, 0.4) is 0 Å². The summed E-state index contributed by atoms with van der Waals surface area (Å²) in [5.41, 5.74) is 2.73. The first-order chi connectivity index (χ1) is 10.2. The van der Waals surface area contributed by atoms with Crippen LogP contribution >= 0.6 is 27.5 Å². The van der Waals surface area contributed by atoms with Crippen molar-refractivity contribution >= 4 is 44.2 Å². The molecule has 21 heavy (non-hydrogen) atoms. The summed E-state index contributed by atoms with van der Waals surface area (Å²) < 4.78 is 11.7. The molecule has 0 bridgehead atoms. The Morgan fingerprint density at radius 2 is 2.05 bits per heavy atom. The Labute approximate surface area is 136 Å². The number of anilines is 1. The number of para-hydroxylation sites is 1. The third-order valence-corrected chi connectivity index (χ3v) is 4.20. The summed E-state index contributed by atoms with van der Waals surface area (Å²) in [6, 6.07) is 13.7. The minimum absolute atomic E-state index is 0.427. The first kappa shape index (κ1) is 14.3. The molecule has 0 saturated carbocycles. The molecule has 0 aliphatic heterocycles. The second-order valence-corrected chi connectivity index (χ2v) is 5.75. The Kier molecular flexibility index (Phi) is 4.08. The molecule has 3 aromatic rings. The van der Waals surface area contributed by atoms with Crippen molar-refractivity contribution in [3.05, 3.63) is 57.7 Å². The summed E-state index contributed by atoms with van der Waals surface area (Å²) in [4.78, 5) is 0. The van der Waals surface area contributed by atoms with E-state index in [2.05, 4.69) is 21.2 Å². The Morgan fingerprint density at radius 1 is 1.24 bits per heavy atom. The number of fused-ring (bicyclic) bond motifs is 1. The maximum Gasteiger partial charge on any atom is 0.199 e. The largest absolute Gasteiger partial charge is 0.496 e. The van der Waals surface area contributed by atoms with E-state index < -0.39 is 0 Å². The van der Waals surface area contributed by atoms with Crippen molar-refractivity contribution in [3.8, 4) is 5.75 Å². The molecule has 5 heteroatoms. The second kappa shape index (κ2) is 6.00. The van der Waals surface area contributed by atoms with Crippen LogP contribution in [0.15, 0.2) is 51.4 Å². The van der Waals surface area contributed by atoms with Crippen molar-refractivity contribution in [1.82, 2.24) is 0 Å². The van der Waals surface area contributed by atoms with Gasteiger partial charge >= 0.3 is 0 Å². The summed E-state index contributed by atoms with van der Waals surface area (Å²) in [5, 5.41) is 4.80. The van der Waals surface area contributed by atoms with Gasteiger partial charge in [-0.05, 0) is 51.8 Å². The highest BCUT2D eigenvalue weighted by atomic mass is 79.9. The van der Waals surface area contributed by atoms with Crippen molar-refractivity contribution in [2.75, 3.05) is 12.4 Å². The number of hydrogen-bond donors (Lipinski definition) is 1. The molecule has 108 valence electrons. The van der Waals surface area contributed by atoms with E-state index >= 15 is 0 Å². The Morgan fingerprint density at radius 3 is 2.81 bits per heavy atom. The lowest BCUT2D eigenvalue weighted by molar-refractivity contribution is 0.412. The number of benzene rings is 2. The Balaban J connectivity index is 1.83.